The van der Waals surface area contributed by atoms with Gasteiger partial charge in [-0.1, -0.05) is 12.2 Å². The Hall–Kier alpha value is -1.57. The van der Waals surface area contributed by atoms with Gasteiger partial charge in [-0.05, 0) is 12.1 Å². The van der Waals surface area contributed by atoms with Gasteiger partial charge in [0.25, 0.3) is 5.69 Å². The molecule has 0 unspecified atom stereocenters. The zero-order valence-electron chi connectivity index (χ0n) is 11.1. The lowest BCUT2D eigenvalue weighted by Crippen LogP contribution is -3.15. The van der Waals surface area contributed by atoms with Crippen LogP contribution in [0.1, 0.15) is 5.56 Å². The number of non-ortho nitro benzene ring substituents is 1. The maximum atomic E-state index is 10.6. The number of nitrogens with one attached hydrogen (secondary N) is 1. The van der Waals surface area contributed by atoms with Gasteiger partial charge in [0.1, 0.15) is 11.5 Å². The van der Waals surface area contributed by atoms with E-state index in [-0.39, 0.29) is 12.3 Å². The Balaban J connectivity index is 1.96. The molecule has 0 saturated carbocycles. The molecule has 1 fully saturated rings. The van der Waals surface area contributed by atoms with Crippen molar-refractivity contribution < 1.29 is 14.9 Å². The number of nitro groups is 1. The first-order chi connectivity index (χ1) is 9.61. The maximum Gasteiger partial charge on any atom is 0.269 e. The fourth-order valence-corrected chi connectivity index (χ4v) is 2.66. The summed E-state index contributed by atoms with van der Waals surface area (Å²) < 4.78 is 0. The van der Waals surface area contributed by atoms with Gasteiger partial charge in [0.2, 0.25) is 0 Å². The van der Waals surface area contributed by atoms with Gasteiger partial charge in [0.15, 0.2) is 0 Å². The number of benzene rings is 1. The van der Waals surface area contributed by atoms with E-state index in [1.54, 1.807) is 12.1 Å². The van der Waals surface area contributed by atoms with Crippen molar-refractivity contribution in [2.24, 2.45) is 0 Å². The van der Waals surface area contributed by atoms with Gasteiger partial charge in [-0.25, -0.2) is 0 Å². The highest BCUT2D eigenvalue weighted by Crippen LogP contribution is 2.14. The van der Waals surface area contributed by atoms with Crippen LogP contribution in [0.5, 0.6) is 0 Å². The molecule has 2 rings (SSSR count). The van der Waals surface area contributed by atoms with E-state index in [0.29, 0.717) is 0 Å². The van der Waals surface area contributed by atoms with Gasteiger partial charge in [0, 0.05) is 17.7 Å². The number of piperazine rings is 1. The molecule has 20 heavy (non-hydrogen) atoms. The van der Waals surface area contributed by atoms with Crippen LogP contribution in [-0.4, -0.2) is 59.2 Å². The summed E-state index contributed by atoms with van der Waals surface area (Å²) in [7, 11) is 0. The standard InChI is InChI=1S/C13H17N3O3S/c17-10-9-14-5-7-15(8-6-14)13(20)11-1-3-12(4-2-11)16(18)19/h1-4,17H,5-10H2/p+1. The Morgan fingerprint density at radius 1 is 1.35 bits per heavy atom. The molecule has 2 N–H and O–H groups in total. The molecule has 1 aliphatic heterocycles. The zero-order chi connectivity index (χ0) is 14.5. The highest BCUT2D eigenvalue weighted by molar-refractivity contribution is 7.80. The molecule has 1 heterocycles. The normalized spacial score (nSPS) is 16.1. The van der Waals surface area contributed by atoms with E-state index in [1.807, 2.05) is 0 Å². The summed E-state index contributed by atoms with van der Waals surface area (Å²) in [6, 6.07) is 6.37. The van der Waals surface area contributed by atoms with Crippen LogP contribution < -0.4 is 4.90 Å². The topological polar surface area (TPSA) is 71.0 Å². The lowest BCUT2D eigenvalue weighted by Gasteiger charge is -2.33. The van der Waals surface area contributed by atoms with E-state index < -0.39 is 4.92 Å². The molecule has 1 aliphatic rings. The number of aliphatic hydroxyl groups excluding tert-OH is 1. The predicted octanol–water partition coefficient (Wildman–Crippen LogP) is -0.537. The van der Waals surface area contributed by atoms with Crippen molar-refractivity contribution in [3.8, 4) is 0 Å². The molecule has 0 aliphatic carbocycles. The van der Waals surface area contributed by atoms with Gasteiger partial charge in [-0.3, -0.25) is 10.1 Å². The predicted molar refractivity (Wildman–Crippen MR) is 79.0 cm³/mol. The van der Waals surface area contributed by atoms with Crippen LogP contribution in [0.2, 0.25) is 0 Å². The number of thiocarbonyl (C=S) groups is 1. The fourth-order valence-electron chi connectivity index (χ4n) is 2.34. The summed E-state index contributed by atoms with van der Waals surface area (Å²) in [5.41, 5.74) is 0.921. The van der Waals surface area contributed by atoms with Gasteiger partial charge in [-0.15, -0.1) is 0 Å². The third-order valence-electron chi connectivity index (χ3n) is 3.55. The minimum absolute atomic E-state index is 0.0776. The van der Waals surface area contributed by atoms with Crippen LogP contribution in [0.25, 0.3) is 0 Å². The van der Waals surface area contributed by atoms with Crippen molar-refractivity contribution in [2.45, 2.75) is 0 Å². The Morgan fingerprint density at radius 3 is 2.45 bits per heavy atom. The van der Waals surface area contributed by atoms with E-state index in [9.17, 15) is 10.1 Å². The van der Waals surface area contributed by atoms with Gasteiger partial charge < -0.3 is 14.9 Å². The largest absolute Gasteiger partial charge is 0.391 e. The molecule has 1 saturated heterocycles. The van der Waals surface area contributed by atoms with E-state index in [2.05, 4.69) is 4.90 Å². The van der Waals surface area contributed by atoms with Crippen LogP contribution >= 0.6 is 12.2 Å². The average Bonchev–Trinajstić information content (AvgIpc) is 2.48. The van der Waals surface area contributed by atoms with Crippen LogP contribution in [-0.2, 0) is 0 Å². The minimum Gasteiger partial charge on any atom is -0.391 e. The SMILES string of the molecule is O=[N+]([O-])c1ccc(C(=S)N2CC[NH+](CCO)CC2)cc1. The van der Waals surface area contributed by atoms with Crippen LogP contribution in [0.4, 0.5) is 5.69 Å². The molecular formula is C13H18N3O3S+. The zero-order valence-corrected chi connectivity index (χ0v) is 11.9. The van der Waals surface area contributed by atoms with Gasteiger partial charge in [0.05, 0.1) is 37.7 Å². The van der Waals surface area contributed by atoms with Crippen LogP contribution in [0, 0.1) is 10.1 Å². The number of nitro benzene ring substituents is 1. The second kappa shape index (κ2) is 6.74. The second-order valence-electron chi connectivity index (χ2n) is 4.82. The molecule has 0 aromatic heterocycles. The first-order valence-electron chi connectivity index (χ1n) is 6.60. The molecule has 7 heteroatoms. The summed E-state index contributed by atoms with van der Waals surface area (Å²) in [4.78, 5) is 14.5. The third kappa shape index (κ3) is 3.50. The maximum absolute atomic E-state index is 10.6. The first-order valence-corrected chi connectivity index (χ1v) is 7.01. The van der Waals surface area contributed by atoms with Gasteiger partial charge >= 0.3 is 0 Å². The lowest BCUT2D eigenvalue weighted by atomic mass is 10.2. The Morgan fingerprint density at radius 2 is 1.95 bits per heavy atom. The van der Waals surface area contributed by atoms with Crippen LogP contribution in [0.15, 0.2) is 24.3 Å². The molecule has 0 bridgehead atoms. The van der Waals surface area contributed by atoms with E-state index in [1.165, 1.54) is 17.0 Å². The lowest BCUT2D eigenvalue weighted by molar-refractivity contribution is -0.904. The molecule has 6 nitrogen and oxygen atoms in total. The summed E-state index contributed by atoms with van der Waals surface area (Å²) in [5.74, 6) is 0. The number of nitrogens with zero attached hydrogens (tertiary/aromatic N) is 2. The molecule has 1 aromatic carbocycles. The van der Waals surface area contributed by atoms with E-state index in [4.69, 9.17) is 17.3 Å². The quantitative estimate of drug-likeness (QED) is 0.444. The van der Waals surface area contributed by atoms with Crippen molar-refractivity contribution in [3.05, 3.63) is 39.9 Å². The average molecular weight is 296 g/mol. The monoisotopic (exact) mass is 296 g/mol. The van der Waals surface area contributed by atoms with Crippen molar-refractivity contribution >= 4 is 22.9 Å². The summed E-state index contributed by atoms with van der Waals surface area (Å²) >= 11 is 5.45. The van der Waals surface area contributed by atoms with E-state index in [0.717, 1.165) is 43.3 Å². The fraction of sp³-hybridized carbons (Fsp3) is 0.462. The van der Waals surface area contributed by atoms with Crippen molar-refractivity contribution in [3.63, 3.8) is 0 Å². The number of aliphatic hydroxyl groups is 1. The van der Waals surface area contributed by atoms with Gasteiger partial charge in [-0.2, -0.15) is 0 Å². The van der Waals surface area contributed by atoms with Crippen molar-refractivity contribution in [2.75, 3.05) is 39.3 Å². The smallest absolute Gasteiger partial charge is 0.269 e. The Kier molecular flexibility index (Phi) is 4.99. The number of hydrogen-bond acceptors (Lipinski definition) is 4. The first kappa shape index (κ1) is 14.8. The minimum atomic E-state index is -0.413. The molecular weight excluding hydrogens is 278 g/mol. The highest BCUT2D eigenvalue weighted by Gasteiger charge is 2.22. The summed E-state index contributed by atoms with van der Waals surface area (Å²) in [6.07, 6.45) is 0. The van der Waals surface area contributed by atoms with Crippen LogP contribution in [0.3, 0.4) is 0 Å². The van der Waals surface area contributed by atoms with E-state index >= 15 is 0 Å². The molecule has 0 amide bonds. The summed E-state index contributed by atoms with van der Waals surface area (Å²) in [5, 5.41) is 19.5. The number of hydrogen-bond donors (Lipinski definition) is 2. The number of rotatable bonds is 4. The van der Waals surface area contributed by atoms with Crippen molar-refractivity contribution in [1.29, 1.82) is 0 Å². The molecule has 1 aromatic rings. The second-order valence-corrected chi connectivity index (χ2v) is 5.21. The molecule has 0 atom stereocenters. The summed E-state index contributed by atoms with van der Waals surface area (Å²) in [6.45, 7) is 4.60. The van der Waals surface area contributed by atoms with Crippen molar-refractivity contribution in [1.82, 2.24) is 4.90 Å². The Labute approximate surface area is 122 Å². The highest BCUT2D eigenvalue weighted by atomic mass is 32.1. The molecule has 0 radical (unpaired) electrons. The third-order valence-corrected chi connectivity index (χ3v) is 4.04. The molecule has 0 spiro atoms. The Bertz CT molecular complexity index is 484. The molecule has 108 valence electrons. The number of quaternary nitrogens is 1.